The third kappa shape index (κ3) is 3.95. The van der Waals surface area contributed by atoms with E-state index in [4.69, 9.17) is 16.2 Å². The summed E-state index contributed by atoms with van der Waals surface area (Å²) in [7, 11) is 1.55. The minimum absolute atomic E-state index is 0.132. The molecule has 5 fully saturated rings. The smallest absolute Gasteiger partial charge is 0.334 e. The van der Waals surface area contributed by atoms with Gasteiger partial charge in [-0.15, -0.1) is 0 Å². The minimum Gasteiger partial charge on any atom is -0.385 e. The summed E-state index contributed by atoms with van der Waals surface area (Å²) in [5.41, 5.74) is 10.1. The maximum Gasteiger partial charge on any atom is 0.334 e. The number of hydrogen-bond acceptors (Lipinski definition) is 8. The number of unbranched alkanes of at least 4 members (excludes halogenated alkanes) is 1. The van der Waals surface area contributed by atoms with Crippen LogP contribution in [0.4, 0.5) is 9.59 Å². The summed E-state index contributed by atoms with van der Waals surface area (Å²) in [5, 5.41) is 0. The van der Waals surface area contributed by atoms with E-state index in [1.54, 1.807) is 11.9 Å². The highest BCUT2D eigenvalue weighted by Gasteiger charge is 2.68. The number of imide groups is 3. The van der Waals surface area contributed by atoms with E-state index < -0.39 is 23.4 Å². The number of hydrogen-bond donors (Lipinski definition) is 2. The Morgan fingerprint density at radius 2 is 1.68 bits per heavy atom. The van der Waals surface area contributed by atoms with Crippen LogP contribution in [0, 0.1) is 11.3 Å². The molecule has 38 heavy (non-hydrogen) atoms. The van der Waals surface area contributed by atoms with E-state index >= 15 is 0 Å². The number of carbonyl (C=O) groups is 5. The highest BCUT2D eigenvalue weighted by molar-refractivity contribution is 6.29. The monoisotopic (exact) mass is 530 g/mol. The van der Waals surface area contributed by atoms with Crippen molar-refractivity contribution >= 4 is 29.8 Å². The lowest BCUT2D eigenvalue weighted by atomic mass is 9.51. The fourth-order valence-corrected chi connectivity index (χ4v) is 7.21. The predicted molar refractivity (Wildman–Crippen MR) is 135 cm³/mol. The second-order valence-corrected chi connectivity index (χ2v) is 11.7. The van der Waals surface area contributed by atoms with Gasteiger partial charge in [0.05, 0.1) is 6.61 Å². The van der Waals surface area contributed by atoms with Gasteiger partial charge in [-0.1, -0.05) is 13.3 Å². The Morgan fingerprint density at radius 3 is 2.26 bits per heavy atom. The second kappa shape index (κ2) is 9.55. The van der Waals surface area contributed by atoms with Gasteiger partial charge in [-0.2, -0.15) is 0 Å². The molecular weight excluding hydrogens is 492 g/mol. The molecule has 2 spiro atoms. The Morgan fingerprint density at radius 1 is 1.00 bits per heavy atom. The highest BCUT2D eigenvalue weighted by atomic mass is 16.5. The molecule has 2 saturated carbocycles. The van der Waals surface area contributed by atoms with Crippen LogP contribution in [-0.2, 0) is 19.1 Å². The van der Waals surface area contributed by atoms with Gasteiger partial charge in [-0.05, 0) is 56.8 Å². The van der Waals surface area contributed by atoms with Gasteiger partial charge in [-0.3, -0.25) is 29.1 Å². The predicted octanol–water partition coefficient (Wildman–Crippen LogP) is 1.10. The molecule has 208 valence electrons. The van der Waals surface area contributed by atoms with E-state index in [2.05, 4.69) is 0 Å². The molecule has 0 aromatic carbocycles. The largest absolute Gasteiger partial charge is 0.385 e. The summed E-state index contributed by atoms with van der Waals surface area (Å²) < 4.78 is 5.49. The molecule has 3 aliphatic heterocycles. The zero-order valence-electron chi connectivity index (χ0n) is 22.2. The minimum atomic E-state index is -0.814. The van der Waals surface area contributed by atoms with E-state index in [1.807, 2.05) is 6.92 Å². The molecule has 3 saturated heterocycles. The Labute approximate surface area is 222 Å². The summed E-state index contributed by atoms with van der Waals surface area (Å²) in [6, 6.07) is -1.25. The average Bonchev–Trinajstić information content (AvgIpc) is 3.43. The lowest BCUT2D eigenvalue weighted by molar-refractivity contribution is -0.151. The molecular formula is C26H38N6O6. The van der Waals surface area contributed by atoms with Crippen LogP contribution in [-0.4, -0.2) is 94.3 Å². The quantitative estimate of drug-likeness (QED) is 0.293. The molecule has 0 aromatic rings. The number of ether oxygens (including phenoxy) is 1. The number of carbonyl (C=O) groups excluding carboxylic acids is 5. The number of rotatable bonds is 6. The molecule has 3 heterocycles. The number of amides is 7. The molecule has 0 aromatic heterocycles. The van der Waals surface area contributed by atoms with Crippen LogP contribution in [0.5, 0.6) is 0 Å². The highest BCUT2D eigenvalue weighted by Crippen LogP contribution is 2.61. The summed E-state index contributed by atoms with van der Waals surface area (Å²) in [4.78, 5) is 70.8. The van der Waals surface area contributed by atoms with Crippen molar-refractivity contribution in [1.29, 1.82) is 0 Å². The first-order valence-electron chi connectivity index (χ1n) is 13.7. The van der Waals surface area contributed by atoms with Crippen molar-refractivity contribution in [2.24, 2.45) is 22.8 Å². The topological polar surface area (TPSA) is 160 Å². The fourth-order valence-electron chi connectivity index (χ4n) is 7.21. The third-order valence-electron chi connectivity index (χ3n) is 9.27. The molecule has 5 rings (SSSR count). The van der Waals surface area contributed by atoms with Gasteiger partial charge in [0.1, 0.15) is 16.9 Å². The molecule has 0 bridgehead atoms. The van der Waals surface area contributed by atoms with Crippen molar-refractivity contribution in [3.8, 4) is 0 Å². The van der Waals surface area contributed by atoms with E-state index in [0.717, 1.165) is 22.6 Å². The summed E-state index contributed by atoms with van der Waals surface area (Å²) in [5.74, 6) is -1.77. The summed E-state index contributed by atoms with van der Waals surface area (Å²) in [6.45, 7) is 3.94. The van der Waals surface area contributed by atoms with Gasteiger partial charge in [0, 0.05) is 38.7 Å². The summed E-state index contributed by atoms with van der Waals surface area (Å²) >= 11 is 0. The number of barbiturate groups is 1. The standard InChI is InChI=1S/C26H38N6O6/c1-3-4-10-30-20(33)18(19(27)28)21(34)32(24(30)37)17-5-8-25(9-6-17)14-26(15-25)22(35)29(2)23(36)31(26)12-16-7-11-38-13-16/h16-17H,3-15,27-28H2,1-2H3/t16-,17?,25?,26?/m0/s1. The Balaban J connectivity index is 1.30. The van der Waals surface area contributed by atoms with E-state index in [0.29, 0.717) is 64.7 Å². The first-order chi connectivity index (χ1) is 18.0. The number of nitrogens with zero attached hydrogens (tertiary/aromatic N) is 4. The second-order valence-electron chi connectivity index (χ2n) is 11.7. The Bertz CT molecular complexity index is 1080. The van der Waals surface area contributed by atoms with Crippen LogP contribution in [0.1, 0.15) is 64.7 Å². The first kappa shape index (κ1) is 26.5. The zero-order valence-corrected chi connectivity index (χ0v) is 22.2. The lowest BCUT2D eigenvalue weighted by Gasteiger charge is -2.59. The van der Waals surface area contributed by atoms with Crippen LogP contribution in [0.2, 0.25) is 0 Å². The van der Waals surface area contributed by atoms with Gasteiger partial charge in [-0.25, -0.2) is 9.59 Å². The Hall–Kier alpha value is -3.15. The molecule has 0 radical (unpaired) electrons. The number of nitrogens with two attached hydrogens (primary N) is 2. The third-order valence-corrected chi connectivity index (χ3v) is 9.27. The van der Waals surface area contributed by atoms with Crippen LogP contribution in [0.3, 0.4) is 0 Å². The van der Waals surface area contributed by atoms with Crippen molar-refractivity contribution in [3.05, 3.63) is 11.4 Å². The molecule has 2 aliphatic carbocycles. The average molecular weight is 531 g/mol. The van der Waals surface area contributed by atoms with Crippen molar-refractivity contribution in [2.45, 2.75) is 76.3 Å². The molecule has 12 heteroatoms. The van der Waals surface area contributed by atoms with E-state index in [9.17, 15) is 24.0 Å². The maximum atomic E-state index is 13.3. The van der Waals surface area contributed by atoms with Gasteiger partial charge < -0.3 is 21.1 Å². The summed E-state index contributed by atoms with van der Waals surface area (Å²) in [6.07, 6.45) is 5.95. The van der Waals surface area contributed by atoms with Gasteiger partial charge in [0.25, 0.3) is 17.7 Å². The van der Waals surface area contributed by atoms with Gasteiger partial charge >= 0.3 is 12.1 Å². The lowest BCUT2D eigenvalue weighted by Crippen LogP contribution is -2.66. The van der Waals surface area contributed by atoms with E-state index in [-0.39, 0.29) is 47.3 Å². The van der Waals surface area contributed by atoms with Crippen LogP contribution in [0.15, 0.2) is 11.4 Å². The van der Waals surface area contributed by atoms with E-state index in [1.165, 1.54) is 4.90 Å². The maximum absolute atomic E-state index is 13.3. The molecule has 12 nitrogen and oxygen atoms in total. The van der Waals surface area contributed by atoms with Crippen molar-refractivity contribution in [3.63, 3.8) is 0 Å². The van der Waals surface area contributed by atoms with Crippen LogP contribution in [0.25, 0.3) is 0 Å². The SMILES string of the molecule is CCCCN1C(=O)C(=C(N)N)C(=O)N(C2CCC3(CC2)CC2(C3)C(=O)N(C)C(=O)N2C[C@@H]2CCOC2)C1=O. The number of likely N-dealkylation sites (N-methyl/N-ethyl adjacent to an activating group) is 1. The van der Waals surface area contributed by atoms with Crippen molar-refractivity contribution < 1.29 is 28.7 Å². The van der Waals surface area contributed by atoms with Crippen LogP contribution < -0.4 is 11.5 Å². The van der Waals surface area contributed by atoms with Crippen LogP contribution >= 0.6 is 0 Å². The molecule has 4 N–H and O–H groups in total. The fraction of sp³-hybridized carbons (Fsp3) is 0.731. The van der Waals surface area contributed by atoms with Crippen molar-refractivity contribution in [2.75, 3.05) is 33.4 Å². The van der Waals surface area contributed by atoms with Crippen molar-refractivity contribution in [1.82, 2.24) is 19.6 Å². The molecule has 5 aliphatic rings. The molecule has 7 amide bonds. The molecule has 0 unspecified atom stereocenters. The normalized spacial score (nSPS) is 33.8. The zero-order chi connectivity index (χ0) is 27.4. The first-order valence-corrected chi connectivity index (χ1v) is 13.7. The van der Waals surface area contributed by atoms with Gasteiger partial charge in [0.15, 0.2) is 0 Å². The van der Waals surface area contributed by atoms with Gasteiger partial charge in [0.2, 0.25) is 0 Å². The Kier molecular flexibility index (Phi) is 6.65. The number of urea groups is 2. The molecule has 1 atom stereocenters.